The van der Waals surface area contributed by atoms with Crippen molar-refractivity contribution in [1.29, 1.82) is 0 Å². The summed E-state index contributed by atoms with van der Waals surface area (Å²) in [4.78, 5) is 0. The fourth-order valence-electron chi connectivity index (χ4n) is 2.84. The smallest absolute Gasteiger partial charge is 0.00144 e. The minimum Gasteiger partial charge on any atom is -0.0844 e. The van der Waals surface area contributed by atoms with Crippen molar-refractivity contribution in [3.63, 3.8) is 0 Å². The van der Waals surface area contributed by atoms with Crippen molar-refractivity contribution in [2.24, 2.45) is 0 Å². The fraction of sp³-hybridized carbons (Fsp3) is 0.412. The van der Waals surface area contributed by atoms with Crippen LogP contribution in [0.3, 0.4) is 0 Å². The van der Waals surface area contributed by atoms with Crippen LogP contribution in [0.15, 0.2) is 23.3 Å². The average Bonchev–Trinajstić information content (AvgIpc) is 2.73. The number of hydrogen-bond acceptors (Lipinski definition) is 0. The molecule has 0 N–H and O–H groups in total. The molecule has 0 radical (unpaired) electrons. The molecular formula is C17H22. The minimum absolute atomic E-state index is 1.12. The van der Waals surface area contributed by atoms with E-state index in [1.807, 2.05) is 0 Å². The molecule has 90 valence electrons. The first-order valence-electron chi connectivity index (χ1n) is 6.54. The highest BCUT2D eigenvalue weighted by atomic mass is 14.2. The third kappa shape index (κ3) is 1.97. The Morgan fingerprint density at radius 3 is 2.59 bits per heavy atom. The van der Waals surface area contributed by atoms with Gasteiger partial charge in [0.2, 0.25) is 0 Å². The molecular weight excluding hydrogens is 204 g/mol. The van der Waals surface area contributed by atoms with Gasteiger partial charge >= 0.3 is 0 Å². The lowest BCUT2D eigenvalue weighted by Gasteiger charge is -2.12. The maximum absolute atomic E-state index is 2.41. The Morgan fingerprint density at radius 2 is 2.00 bits per heavy atom. The van der Waals surface area contributed by atoms with Gasteiger partial charge in [0.1, 0.15) is 0 Å². The van der Waals surface area contributed by atoms with Crippen LogP contribution in [-0.4, -0.2) is 0 Å². The highest BCUT2D eigenvalue weighted by Crippen LogP contribution is 2.35. The molecule has 0 bridgehead atoms. The van der Waals surface area contributed by atoms with Crippen LogP contribution in [0.2, 0.25) is 0 Å². The lowest BCUT2D eigenvalue weighted by Crippen LogP contribution is -1.97. The van der Waals surface area contributed by atoms with E-state index in [9.17, 15) is 0 Å². The van der Waals surface area contributed by atoms with Crippen molar-refractivity contribution >= 4 is 6.08 Å². The number of hydrogen-bond donors (Lipinski definition) is 0. The molecule has 17 heavy (non-hydrogen) atoms. The normalized spacial score (nSPS) is 14.9. The SMILES string of the molecule is C/C=C(\C)C1=Cc2c(CC)c(C)cc(C)c2C1. The Morgan fingerprint density at radius 1 is 1.29 bits per heavy atom. The molecule has 0 amide bonds. The number of fused-ring (bicyclic) bond motifs is 1. The van der Waals surface area contributed by atoms with E-state index in [-0.39, 0.29) is 0 Å². The van der Waals surface area contributed by atoms with Gasteiger partial charge in [0.05, 0.1) is 0 Å². The molecule has 1 aromatic carbocycles. The van der Waals surface area contributed by atoms with E-state index in [2.05, 4.69) is 52.8 Å². The molecule has 1 aliphatic carbocycles. The molecule has 0 heteroatoms. The highest BCUT2D eigenvalue weighted by Gasteiger charge is 2.19. The summed E-state index contributed by atoms with van der Waals surface area (Å²) in [5.41, 5.74) is 10.4. The van der Waals surface area contributed by atoms with Crippen LogP contribution in [0.4, 0.5) is 0 Å². The van der Waals surface area contributed by atoms with E-state index in [1.165, 1.54) is 33.4 Å². The quantitative estimate of drug-likeness (QED) is 0.681. The summed E-state index contributed by atoms with van der Waals surface area (Å²) in [5, 5.41) is 0. The largest absolute Gasteiger partial charge is 0.0844 e. The van der Waals surface area contributed by atoms with Gasteiger partial charge in [0.25, 0.3) is 0 Å². The zero-order chi connectivity index (χ0) is 12.6. The summed E-state index contributed by atoms with van der Waals surface area (Å²) >= 11 is 0. The maximum atomic E-state index is 2.41. The van der Waals surface area contributed by atoms with Gasteiger partial charge in [-0.2, -0.15) is 0 Å². The van der Waals surface area contributed by atoms with E-state index in [1.54, 1.807) is 5.56 Å². The molecule has 0 fully saturated rings. The van der Waals surface area contributed by atoms with Crippen LogP contribution in [0.25, 0.3) is 6.08 Å². The Balaban J connectivity index is 2.59. The zero-order valence-electron chi connectivity index (χ0n) is 11.6. The van der Waals surface area contributed by atoms with Gasteiger partial charge < -0.3 is 0 Å². The predicted octanol–water partition coefficient (Wildman–Crippen LogP) is 4.77. The monoisotopic (exact) mass is 226 g/mol. The predicted molar refractivity (Wildman–Crippen MR) is 76.4 cm³/mol. The topological polar surface area (TPSA) is 0 Å². The van der Waals surface area contributed by atoms with Gasteiger partial charge in [0, 0.05) is 0 Å². The van der Waals surface area contributed by atoms with Gasteiger partial charge in [-0.25, -0.2) is 0 Å². The summed E-state index contributed by atoms with van der Waals surface area (Å²) in [6.07, 6.45) is 6.87. The fourth-order valence-corrected chi connectivity index (χ4v) is 2.84. The molecule has 0 spiro atoms. The molecule has 0 saturated heterocycles. The highest BCUT2D eigenvalue weighted by molar-refractivity contribution is 5.73. The molecule has 0 heterocycles. The van der Waals surface area contributed by atoms with Crippen LogP contribution >= 0.6 is 0 Å². The van der Waals surface area contributed by atoms with E-state index in [0.717, 1.165) is 12.8 Å². The van der Waals surface area contributed by atoms with Crippen LogP contribution in [0.5, 0.6) is 0 Å². The van der Waals surface area contributed by atoms with Gasteiger partial charge in [-0.1, -0.05) is 30.7 Å². The van der Waals surface area contributed by atoms with Crippen molar-refractivity contribution < 1.29 is 0 Å². The zero-order valence-corrected chi connectivity index (χ0v) is 11.6. The minimum atomic E-state index is 1.12. The summed E-state index contributed by atoms with van der Waals surface area (Å²) in [7, 11) is 0. The van der Waals surface area contributed by atoms with E-state index in [4.69, 9.17) is 0 Å². The van der Waals surface area contributed by atoms with Crippen molar-refractivity contribution in [3.8, 4) is 0 Å². The van der Waals surface area contributed by atoms with E-state index < -0.39 is 0 Å². The first-order chi connectivity index (χ1) is 8.08. The Labute approximate surface area is 105 Å². The van der Waals surface area contributed by atoms with Gasteiger partial charge in [0.15, 0.2) is 0 Å². The average molecular weight is 226 g/mol. The van der Waals surface area contributed by atoms with Gasteiger partial charge in [-0.15, -0.1) is 0 Å². The standard InChI is InChI=1S/C17H22/c1-6-11(3)14-9-16-13(5)8-12(4)15(7-2)17(16)10-14/h6,8,10H,7,9H2,1-5H3/b11-6+. The first kappa shape index (κ1) is 12.2. The molecule has 0 aromatic heterocycles. The van der Waals surface area contributed by atoms with Crippen molar-refractivity contribution in [1.82, 2.24) is 0 Å². The van der Waals surface area contributed by atoms with Crippen LogP contribution < -0.4 is 0 Å². The number of benzene rings is 1. The number of allylic oxidation sites excluding steroid dienone is 3. The molecule has 0 unspecified atom stereocenters. The molecule has 1 aliphatic rings. The molecule has 0 aliphatic heterocycles. The first-order valence-corrected chi connectivity index (χ1v) is 6.54. The van der Waals surface area contributed by atoms with Crippen molar-refractivity contribution in [2.75, 3.05) is 0 Å². The second-order valence-electron chi connectivity index (χ2n) is 5.05. The second kappa shape index (κ2) is 4.52. The van der Waals surface area contributed by atoms with Gasteiger partial charge in [-0.05, 0) is 73.9 Å². The molecule has 2 rings (SSSR count). The van der Waals surface area contributed by atoms with E-state index in [0.29, 0.717) is 0 Å². The number of aryl methyl sites for hydroxylation is 2. The van der Waals surface area contributed by atoms with Gasteiger partial charge in [-0.3, -0.25) is 0 Å². The van der Waals surface area contributed by atoms with Crippen molar-refractivity contribution in [3.05, 3.63) is 51.1 Å². The summed E-state index contributed by atoms with van der Waals surface area (Å²) in [6.45, 7) is 11.1. The Bertz CT molecular complexity index is 513. The molecule has 0 atom stereocenters. The van der Waals surface area contributed by atoms with Crippen LogP contribution in [0.1, 0.15) is 48.6 Å². The molecule has 0 saturated carbocycles. The van der Waals surface area contributed by atoms with Crippen LogP contribution in [-0.2, 0) is 12.8 Å². The second-order valence-corrected chi connectivity index (χ2v) is 5.05. The summed E-state index contributed by atoms with van der Waals surface area (Å²) < 4.78 is 0. The van der Waals surface area contributed by atoms with Crippen molar-refractivity contribution in [2.45, 2.75) is 47.5 Å². The third-order valence-electron chi connectivity index (χ3n) is 4.01. The summed E-state index contributed by atoms with van der Waals surface area (Å²) in [5.74, 6) is 0. The van der Waals surface area contributed by atoms with Crippen LogP contribution in [0, 0.1) is 13.8 Å². The lowest BCUT2D eigenvalue weighted by molar-refractivity contribution is 1.07. The number of rotatable bonds is 2. The summed E-state index contributed by atoms with van der Waals surface area (Å²) in [6, 6.07) is 2.35. The Hall–Kier alpha value is -1.30. The Kier molecular flexibility index (Phi) is 3.24. The third-order valence-corrected chi connectivity index (χ3v) is 4.01. The maximum Gasteiger partial charge on any atom is -0.00144 e. The van der Waals surface area contributed by atoms with E-state index >= 15 is 0 Å². The molecule has 1 aromatic rings. The molecule has 0 nitrogen and oxygen atoms in total. The lowest BCUT2D eigenvalue weighted by atomic mass is 9.93.